The number of pyridine rings is 1. The minimum atomic E-state index is -0.549. The number of halogens is 1. The van der Waals surface area contributed by atoms with Gasteiger partial charge in [-0.15, -0.1) is 0 Å². The molecule has 0 atom stereocenters. The van der Waals surface area contributed by atoms with Crippen LogP contribution in [-0.4, -0.2) is 10.1 Å². The standard InChI is InChI=1S/C12H10FNO/c1-8-2-3-10(11(15)6-8)9-4-5-14-12(13)7-9/h2-7,15H,1H3. The molecular formula is C12H10FNO. The topological polar surface area (TPSA) is 33.1 Å². The Hall–Kier alpha value is -1.90. The normalized spacial score (nSPS) is 10.3. The monoisotopic (exact) mass is 203 g/mol. The molecule has 0 radical (unpaired) electrons. The van der Waals surface area contributed by atoms with Crippen LogP contribution in [0.5, 0.6) is 5.75 Å². The molecule has 0 aliphatic carbocycles. The largest absolute Gasteiger partial charge is 0.507 e. The first-order valence-corrected chi connectivity index (χ1v) is 4.58. The van der Waals surface area contributed by atoms with Gasteiger partial charge >= 0.3 is 0 Å². The van der Waals surface area contributed by atoms with E-state index in [1.807, 2.05) is 13.0 Å². The SMILES string of the molecule is Cc1ccc(-c2ccnc(F)c2)c(O)c1. The molecule has 1 N–H and O–H groups in total. The highest BCUT2D eigenvalue weighted by Crippen LogP contribution is 2.29. The second-order valence-corrected chi connectivity index (χ2v) is 3.39. The molecule has 0 aliphatic rings. The molecule has 0 saturated carbocycles. The van der Waals surface area contributed by atoms with Crippen molar-refractivity contribution in [2.24, 2.45) is 0 Å². The summed E-state index contributed by atoms with van der Waals surface area (Å²) in [4.78, 5) is 3.46. The van der Waals surface area contributed by atoms with Gasteiger partial charge in [0, 0.05) is 17.8 Å². The lowest BCUT2D eigenvalue weighted by atomic mass is 10.0. The van der Waals surface area contributed by atoms with E-state index in [0.29, 0.717) is 11.1 Å². The molecule has 2 nitrogen and oxygen atoms in total. The second kappa shape index (κ2) is 3.69. The lowest BCUT2D eigenvalue weighted by molar-refractivity contribution is 0.477. The van der Waals surface area contributed by atoms with Gasteiger partial charge in [-0.3, -0.25) is 0 Å². The van der Waals surface area contributed by atoms with Gasteiger partial charge in [0.15, 0.2) is 0 Å². The van der Waals surface area contributed by atoms with E-state index >= 15 is 0 Å². The van der Waals surface area contributed by atoms with Gasteiger partial charge in [-0.1, -0.05) is 12.1 Å². The molecular weight excluding hydrogens is 193 g/mol. The van der Waals surface area contributed by atoms with Gasteiger partial charge in [-0.25, -0.2) is 4.98 Å². The zero-order valence-electron chi connectivity index (χ0n) is 8.24. The fourth-order valence-corrected chi connectivity index (χ4v) is 1.46. The van der Waals surface area contributed by atoms with Crippen LogP contribution in [0, 0.1) is 12.9 Å². The lowest BCUT2D eigenvalue weighted by Gasteiger charge is -2.05. The van der Waals surface area contributed by atoms with Crippen LogP contribution < -0.4 is 0 Å². The average Bonchev–Trinajstić information content (AvgIpc) is 2.17. The summed E-state index contributed by atoms with van der Waals surface area (Å²) in [6.45, 7) is 1.89. The molecule has 1 aromatic carbocycles. The predicted molar refractivity (Wildman–Crippen MR) is 56.0 cm³/mol. The smallest absolute Gasteiger partial charge is 0.213 e. The van der Waals surface area contributed by atoms with E-state index in [4.69, 9.17) is 0 Å². The second-order valence-electron chi connectivity index (χ2n) is 3.39. The van der Waals surface area contributed by atoms with Crippen molar-refractivity contribution in [2.45, 2.75) is 6.92 Å². The highest BCUT2D eigenvalue weighted by Gasteiger charge is 2.05. The average molecular weight is 203 g/mol. The Bertz CT molecular complexity index is 497. The van der Waals surface area contributed by atoms with Gasteiger partial charge in [0.2, 0.25) is 5.95 Å². The first kappa shape index (κ1) is 9.65. The molecule has 0 bridgehead atoms. The summed E-state index contributed by atoms with van der Waals surface area (Å²) in [5, 5.41) is 9.69. The number of hydrogen-bond donors (Lipinski definition) is 1. The van der Waals surface area contributed by atoms with Crippen molar-refractivity contribution in [3.8, 4) is 16.9 Å². The first-order valence-electron chi connectivity index (χ1n) is 4.58. The van der Waals surface area contributed by atoms with E-state index in [2.05, 4.69) is 4.98 Å². The number of hydrogen-bond acceptors (Lipinski definition) is 2. The van der Waals surface area contributed by atoms with Crippen LogP contribution >= 0.6 is 0 Å². The van der Waals surface area contributed by atoms with Gasteiger partial charge in [0.25, 0.3) is 0 Å². The number of benzene rings is 1. The minimum Gasteiger partial charge on any atom is -0.507 e. The molecule has 3 heteroatoms. The summed E-state index contributed by atoms with van der Waals surface area (Å²) in [5.74, 6) is -0.395. The van der Waals surface area contributed by atoms with Crippen LogP contribution in [0.15, 0.2) is 36.5 Å². The van der Waals surface area contributed by atoms with Crippen LogP contribution in [0.3, 0.4) is 0 Å². The molecule has 1 heterocycles. The number of aryl methyl sites for hydroxylation is 1. The quantitative estimate of drug-likeness (QED) is 0.723. The summed E-state index contributed by atoms with van der Waals surface area (Å²) in [7, 11) is 0. The maximum atomic E-state index is 12.9. The van der Waals surface area contributed by atoms with Gasteiger partial charge in [-0.05, 0) is 30.2 Å². The zero-order valence-corrected chi connectivity index (χ0v) is 8.24. The van der Waals surface area contributed by atoms with Crippen molar-refractivity contribution in [3.63, 3.8) is 0 Å². The number of aromatic nitrogens is 1. The van der Waals surface area contributed by atoms with Crippen molar-refractivity contribution in [2.75, 3.05) is 0 Å². The van der Waals surface area contributed by atoms with Crippen LogP contribution in [0.4, 0.5) is 4.39 Å². The number of nitrogens with zero attached hydrogens (tertiary/aromatic N) is 1. The summed E-state index contributed by atoms with van der Waals surface area (Å²) in [5.41, 5.74) is 2.20. The van der Waals surface area contributed by atoms with Crippen molar-refractivity contribution >= 4 is 0 Å². The summed E-state index contributed by atoms with van der Waals surface area (Å²) < 4.78 is 12.9. The first-order chi connectivity index (χ1) is 7.16. The highest BCUT2D eigenvalue weighted by atomic mass is 19.1. The summed E-state index contributed by atoms with van der Waals surface area (Å²) in [6, 6.07) is 8.23. The van der Waals surface area contributed by atoms with E-state index < -0.39 is 5.95 Å². The molecule has 0 amide bonds. The lowest BCUT2D eigenvalue weighted by Crippen LogP contribution is -1.85. The van der Waals surface area contributed by atoms with E-state index in [9.17, 15) is 9.50 Å². The molecule has 15 heavy (non-hydrogen) atoms. The molecule has 1 aromatic heterocycles. The van der Waals surface area contributed by atoms with Crippen molar-refractivity contribution in [1.82, 2.24) is 4.98 Å². The van der Waals surface area contributed by atoms with Gasteiger partial charge in [0.05, 0.1) is 0 Å². The maximum absolute atomic E-state index is 12.9. The van der Waals surface area contributed by atoms with E-state index in [0.717, 1.165) is 5.56 Å². The third-order valence-corrected chi connectivity index (χ3v) is 2.19. The van der Waals surface area contributed by atoms with E-state index in [-0.39, 0.29) is 5.75 Å². The zero-order chi connectivity index (χ0) is 10.8. The fraction of sp³-hybridized carbons (Fsp3) is 0.0833. The van der Waals surface area contributed by atoms with E-state index in [1.165, 1.54) is 12.3 Å². The Labute approximate surface area is 87.0 Å². The van der Waals surface area contributed by atoms with Gasteiger partial charge in [-0.2, -0.15) is 4.39 Å². The third-order valence-electron chi connectivity index (χ3n) is 2.19. The van der Waals surface area contributed by atoms with Gasteiger partial charge < -0.3 is 5.11 Å². The minimum absolute atomic E-state index is 0.153. The molecule has 0 spiro atoms. The number of phenolic OH excluding ortho intramolecular Hbond substituents is 1. The Kier molecular flexibility index (Phi) is 2.37. The van der Waals surface area contributed by atoms with Crippen LogP contribution in [0.1, 0.15) is 5.56 Å². The van der Waals surface area contributed by atoms with Gasteiger partial charge in [0.1, 0.15) is 5.75 Å². The van der Waals surface area contributed by atoms with Crippen molar-refractivity contribution in [3.05, 3.63) is 48.0 Å². The molecule has 0 saturated heterocycles. The summed E-state index contributed by atoms with van der Waals surface area (Å²) in [6.07, 6.45) is 1.38. The number of aromatic hydroxyl groups is 1. The van der Waals surface area contributed by atoms with Crippen molar-refractivity contribution in [1.29, 1.82) is 0 Å². The molecule has 2 aromatic rings. The summed E-state index contributed by atoms with van der Waals surface area (Å²) >= 11 is 0. The Balaban J connectivity index is 2.54. The molecule has 0 fully saturated rings. The molecule has 2 rings (SSSR count). The van der Waals surface area contributed by atoms with E-state index in [1.54, 1.807) is 18.2 Å². The van der Waals surface area contributed by atoms with Crippen LogP contribution in [-0.2, 0) is 0 Å². The molecule has 76 valence electrons. The predicted octanol–water partition coefficient (Wildman–Crippen LogP) is 2.90. The number of rotatable bonds is 1. The Morgan fingerprint density at radius 1 is 1.20 bits per heavy atom. The number of phenols is 1. The Morgan fingerprint density at radius 2 is 2.00 bits per heavy atom. The van der Waals surface area contributed by atoms with Crippen LogP contribution in [0.2, 0.25) is 0 Å². The van der Waals surface area contributed by atoms with Crippen LogP contribution in [0.25, 0.3) is 11.1 Å². The molecule has 0 unspecified atom stereocenters. The molecule has 0 aliphatic heterocycles. The van der Waals surface area contributed by atoms with Crippen molar-refractivity contribution < 1.29 is 9.50 Å². The maximum Gasteiger partial charge on any atom is 0.213 e. The third kappa shape index (κ3) is 1.96. The fourth-order valence-electron chi connectivity index (χ4n) is 1.46. The Morgan fingerprint density at radius 3 is 2.67 bits per heavy atom. The highest BCUT2D eigenvalue weighted by molar-refractivity contribution is 5.70.